The van der Waals surface area contributed by atoms with Gasteiger partial charge in [-0.05, 0) is 39.2 Å². The smallest absolute Gasteiger partial charge is 0.218 e. The number of hydrogen-bond acceptors (Lipinski definition) is 4. The Morgan fingerprint density at radius 3 is 1.52 bits per heavy atom. The van der Waals surface area contributed by atoms with Gasteiger partial charge >= 0.3 is 0 Å². The third-order valence-electron chi connectivity index (χ3n) is 5.13. The summed E-state index contributed by atoms with van der Waals surface area (Å²) in [7, 11) is 0. The molecule has 0 aliphatic carbocycles. The first-order valence-electron chi connectivity index (χ1n) is 9.60. The fourth-order valence-electron chi connectivity index (χ4n) is 3.60. The second-order valence-corrected chi connectivity index (χ2v) is 7.80. The SMILES string of the molecule is Brc1c(C2=N[C@H](c3ccccc3)CO2)cccc1C1=N[C@H](c2ccccc2)CO1. The fourth-order valence-corrected chi connectivity index (χ4v) is 4.20. The van der Waals surface area contributed by atoms with Crippen molar-refractivity contribution < 1.29 is 9.47 Å². The van der Waals surface area contributed by atoms with Crippen LogP contribution in [0.25, 0.3) is 0 Å². The van der Waals surface area contributed by atoms with Crippen LogP contribution in [0.1, 0.15) is 34.3 Å². The van der Waals surface area contributed by atoms with Crippen LogP contribution in [0.15, 0.2) is 93.3 Å². The zero-order chi connectivity index (χ0) is 19.6. The minimum absolute atomic E-state index is 0.0179. The van der Waals surface area contributed by atoms with Crippen LogP contribution in [0.4, 0.5) is 0 Å². The third kappa shape index (κ3) is 3.58. The zero-order valence-corrected chi connectivity index (χ0v) is 17.2. The molecule has 5 heteroatoms. The second-order valence-electron chi connectivity index (χ2n) is 7.01. The molecule has 0 aromatic heterocycles. The average Bonchev–Trinajstić information content (AvgIpc) is 3.46. The molecule has 0 saturated heterocycles. The number of hydrogen-bond donors (Lipinski definition) is 0. The van der Waals surface area contributed by atoms with Gasteiger partial charge in [0.2, 0.25) is 11.8 Å². The van der Waals surface area contributed by atoms with Gasteiger partial charge in [0, 0.05) is 4.47 Å². The van der Waals surface area contributed by atoms with Crippen LogP contribution in [-0.4, -0.2) is 25.0 Å². The highest BCUT2D eigenvalue weighted by Crippen LogP contribution is 2.32. The molecule has 0 spiro atoms. The Kier molecular flexibility index (Phi) is 4.90. The lowest BCUT2D eigenvalue weighted by molar-refractivity contribution is 0.318. The van der Waals surface area contributed by atoms with E-state index in [4.69, 9.17) is 19.5 Å². The molecule has 2 atom stereocenters. The lowest BCUT2D eigenvalue weighted by atomic mass is 10.1. The van der Waals surface area contributed by atoms with E-state index in [1.165, 1.54) is 0 Å². The number of benzene rings is 3. The highest BCUT2D eigenvalue weighted by molar-refractivity contribution is 9.10. The Balaban J connectivity index is 1.44. The lowest BCUT2D eigenvalue weighted by Gasteiger charge is -2.09. The Bertz CT molecular complexity index is 997. The van der Waals surface area contributed by atoms with Crippen molar-refractivity contribution in [3.05, 3.63) is 106 Å². The van der Waals surface area contributed by atoms with Crippen LogP contribution in [0.5, 0.6) is 0 Å². The summed E-state index contributed by atoms with van der Waals surface area (Å²) in [5, 5.41) is 0. The number of ether oxygens (including phenoxy) is 2. The van der Waals surface area contributed by atoms with Crippen molar-refractivity contribution in [1.29, 1.82) is 0 Å². The summed E-state index contributed by atoms with van der Waals surface area (Å²) in [5.41, 5.74) is 4.14. The van der Waals surface area contributed by atoms with Crippen LogP contribution in [0.2, 0.25) is 0 Å². The molecule has 4 nitrogen and oxygen atoms in total. The summed E-state index contributed by atoms with van der Waals surface area (Å²) >= 11 is 3.73. The molecule has 0 saturated carbocycles. The largest absolute Gasteiger partial charge is 0.475 e. The molecule has 0 radical (unpaired) electrons. The topological polar surface area (TPSA) is 43.2 Å². The molecule has 2 aliphatic rings. The highest BCUT2D eigenvalue weighted by Gasteiger charge is 2.27. The Hall–Kier alpha value is -2.92. The van der Waals surface area contributed by atoms with Crippen LogP contribution in [-0.2, 0) is 9.47 Å². The monoisotopic (exact) mass is 446 g/mol. The lowest BCUT2D eigenvalue weighted by Crippen LogP contribution is -2.08. The first-order valence-corrected chi connectivity index (χ1v) is 10.4. The van der Waals surface area contributed by atoms with Crippen molar-refractivity contribution in [1.82, 2.24) is 0 Å². The molecule has 144 valence electrons. The van der Waals surface area contributed by atoms with Gasteiger partial charge in [-0.3, -0.25) is 0 Å². The third-order valence-corrected chi connectivity index (χ3v) is 5.98. The van der Waals surface area contributed by atoms with Gasteiger partial charge in [0.15, 0.2) is 0 Å². The maximum absolute atomic E-state index is 5.93. The van der Waals surface area contributed by atoms with Crippen molar-refractivity contribution in [3.63, 3.8) is 0 Å². The Labute approximate surface area is 178 Å². The minimum Gasteiger partial charge on any atom is -0.475 e. The summed E-state index contributed by atoms with van der Waals surface area (Å²) < 4.78 is 12.8. The van der Waals surface area contributed by atoms with E-state index in [1.807, 2.05) is 54.6 Å². The Morgan fingerprint density at radius 2 is 1.07 bits per heavy atom. The summed E-state index contributed by atoms with van der Waals surface area (Å²) in [5.74, 6) is 1.29. The van der Waals surface area contributed by atoms with E-state index in [1.54, 1.807) is 0 Å². The summed E-state index contributed by atoms with van der Waals surface area (Å²) in [6, 6.07) is 26.5. The van der Waals surface area contributed by atoms with Crippen molar-refractivity contribution in [2.24, 2.45) is 9.98 Å². The van der Waals surface area contributed by atoms with Gasteiger partial charge in [-0.2, -0.15) is 0 Å². The molecule has 0 N–H and O–H groups in total. The van der Waals surface area contributed by atoms with Crippen LogP contribution >= 0.6 is 15.9 Å². The van der Waals surface area contributed by atoms with Crippen molar-refractivity contribution in [2.45, 2.75) is 12.1 Å². The van der Waals surface area contributed by atoms with Gasteiger partial charge in [-0.25, -0.2) is 9.98 Å². The molecular weight excluding hydrogens is 428 g/mol. The second kappa shape index (κ2) is 7.84. The van der Waals surface area contributed by atoms with Gasteiger partial charge < -0.3 is 9.47 Å². The van der Waals surface area contributed by atoms with Crippen molar-refractivity contribution in [3.8, 4) is 0 Å². The van der Waals surface area contributed by atoms with E-state index in [0.29, 0.717) is 25.0 Å². The van der Waals surface area contributed by atoms with Gasteiger partial charge in [0.05, 0.1) is 11.1 Å². The maximum atomic E-state index is 5.93. The molecule has 5 rings (SSSR count). The van der Waals surface area contributed by atoms with E-state index >= 15 is 0 Å². The molecule has 3 aromatic rings. The summed E-state index contributed by atoms with van der Waals surface area (Å²) in [6.45, 7) is 1.09. The summed E-state index contributed by atoms with van der Waals surface area (Å²) in [6.07, 6.45) is 0. The molecule has 2 heterocycles. The standard InChI is InChI=1S/C24H19BrN2O2/c25-22-18(23-26-20(14-28-23)16-8-3-1-4-9-16)12-7-13-19(22)24-27-21(15-29-24)17-10-5-2-6-11-17/h1-13,20-21H,14-15H2/t20-,21-/m0/s1. The van der Waals surface area contributed by atoms with Gasteiger partial charge in [-0.1, -0.05) is 66.7 Å². The van der Waals surface area contributed by atoms with E-state index in [0.717, 1.165) is 26.7 Å². The fraction of sp³-hybridized carbons (Fsp3) is 0.167. The first-order chi connectivity index (χ1) is 14.3. The van der Waals surface area contributed by atoms with Crippen LogP contribution in [0, 0.1) is 0 Å². The predicted octanol–water partition coefficient (Wildman–Crippen LogP) is 5.49. The highest BCUT2D eigenvalue weighted by atomic mass is 79.9. The maximum Gasteiger partial charge on any atom is 0.218 e. The van der Waals surface area contributed by atoms with Gasteiger partial charge in [-0.15, -0.1) is 0 Å². The molecule has 0 amide bonds. The normalized spacial score (nSPS) is 20.6. The van der Waals surface area contributed by atoms with Gasteiger partial charge in [0.25, 0.3) is 0 Å². The number of aliphatic imine (C=N–C) groups is 2. The minimum atomic E-state index is 0.0179. The van der Waals surface area contributed by atoms with E-state index < -0.39 is 0 Å². The molecular formula is C24H19BrN2O2. The number of halogens is 1. The molecule has 3 aromatic carbocycles. The number of nitrogens with zero attached hydrogens (tertiary/aromatic N) is 2. The van der Waals surface area contributed by atoms with Crippen LogP contribution < -0.4 is 0 Å². The van der Waals surface area contributed by atoms with E-state index in [2.05, 4.69) is 40.2 Å². The molecule has 0 bridgehead atoms. The molecule has 0 unspecified atom stereocenters. The first kappa shape index (κ1) is 18.1. The van der Waals surface area contributed by atoms with Crippen molar-refractivity contribution in [2.75, 3.05) is 13.2 Å². The summed E-state index contributed by atoms with van der Waals surface area (Å²) in [4.78, 5) is 9.61. The van der Waals surface area contributed by atoms with Crippen LogP contribution in [0.3, 0.4) is 0 Å². The zero-order valence-electron chi connectivity index (χ0n) is 15.7. The van der Waals surface area contributed by atoms with Crippen molar-refractivity contribution >= 4 is 27.7 Å². The average molecular weight is 447 g/mol. The van der Waals surface area contributed by atoms with E-state index in [-0.39, 0.29) is 12.1 Å². The predicted molar refractivity (Wildman–Crippen MR) is 117 cm³/mol. The van der Waals surface area contributed by atoms with Gasteiger partial charge in [0.1, 0.15) is 25.3 Å². The molecule has 0 fully saturated rings. The quantitative estimate of drug-likeness (QED) is 0.531. The molecule has 2 aliphatic heterocycles. The molecule has 29 heavy (non-hydrogen) atoms. The van der Waals surface area contributed by atoms with E-state index in [9.17, 15) is 0 Å². The number of rotatable bonds is 4. The Morgan fingerprint density at radius 1 is 0.621 bits per heavy atom.